The number of carboxylic acid groups (broad SMARTS) is 1. The SMILES string of the molecule is O=C(O)C(F)(F)F.O=C1COC2(CCN(Cc3cc(Cl)c(-c4ccc5cccnc5c4)cc3O)CC2)CN1C1CC1. The van der Waals surface area contributed by atoms with Gasteiger partial charge in [0.1, 0.15) is 12.4 Å². The van der Waals surface area contributed by atoms with E-state index in [1.54, 1.807) is 12.3 Å². The quantitative estimate of drug-likeness (QED) is 0.427. The van der Waals surface area contributed by atoms with Crippen molar-refractivity contribution in [1.29, 1.82) is 0 Å². The Morgan fingerprint density at radius 3 is 2.51 bits per heavy atom. The maximum absolute atomic E-state index is 12.2. The zero-order chi connectivity index (χ0) is 29.4. The molecule has 218 valence electrons. The van der Waals surface area contributed by atoms with Gasteiger partial charge in [0, 0.05) is 53.4 Å². The Balaban J connectivity index is 0.000000431. The minimum atomic E-state index is -5.08. The Morgan fingerprint density at radius 1 is 1.15 bits per heavy atom. The number of aromatic hydroxyl groups is 1. The molecule has 1 aromatic heterocycles. The molecule has 3 heterocycles. The first kappa shape index (κ1) is 29.1. The molecule has 3 aliphatic rings. The Hall–Kier alpha value is -3.41. The largest absolute Gasteiger partial charge is 0.508 e. The van der Waals surface area contributed by atoms with Gasteiger partial charge in [0.15, 0.2) is 0 Å². The summed E-state index contributed by atoms with van der Waals surface area (Å²) in [7, 11) is 0. The summed E-state index contributed by atoms with van der Waals surface area (Å²) < 4.78 is 37.8. The molecular formula is C29H29ClF3N3O5. The number of morpholine rings is 1. The molecule has 0 atom stereocenters. The molecule has 41 heavy (non-hydrogen) atoms. The molecule has 2 aliphatic heterocycles. The molecule has 1 spiro atoms. The molecule has 2 saturated heterocycles. The maximum Gasteiger partial charge on any atom is 0.490 e. The summed E-state index contributed by atoms with van der Waals surface area (Å²) in [5.41, 5.74) is 3.23. The topological polar surface area (TPSA) is 103 Å². The van der Waals surface area contributed by atoms with Gasteiger partial charge in [0.25, 0.3) is 0 Å². The van der Waals surface area contributed by atoms with E-state index in [0.29, 0.717) is 17.6 Å². The number of hydrogen-bond donors (Lipinski definition) is 2. The van der Waals surface area contributed by atoms with Gasteiger partial charge in [0.05, 0.1) is 17.7 Å². The van der Waals surface area contributed by atoms with Crippen LogP contribution in [0, 0.1) is 0 Å². The number of hydrogen-bond acceptors (Lipinski definition) is 6. The number of pyridine rings is 1. The average Bonchev–Trinajstić information content (AvgIpc) is 3.78. The van der Waals surface area contributed by atoms with Crippen molar-refractivity contribution in [2.24, 2.45) is 0 Å². The number of halogens is 4. The summed E-state index contributed by atoms with van der Waals surface area (Å²) in [6, 6.07) is 14.0. The number of phenolic OH excluding ortho intramolecular Hbond substituents is 1. The molecule has 3 aromatic rings. The molecule has 1 saturated carbocycles. The fourth-order valence-electron chi connectivity index (χ4n) is 5.31. The van der Waals surface area contributed by atoms with Crippen molar-refractivity contribution in [3.63, 3.8) is 0 Å². The van der Waals surface area contributed by atoms with Crippen molar-refractivity contribution < 1.29 is 37.7 Å². The van der Waals surface area contributed by atoms with Gasteiger partial charge in [0.2, 0.25) is 5.91 Å². The number of carboxylic acids is 1. The van der Waals surface area contributed by atoms with Crippen molar-refractivity contribution >= 4 is 34.4 Å². The Bertz CT molecular complexity index is 1460. The van der Waals surface area contributed by atoms with Crippen LogP contribution in [0.25, 0.3) is 22.0 Å². The first-order chi connectivity index (χ1) is 19.4. The lowest BCUT2D eigenvalue weighted by Crippen LogP contribution is -2.59. The summed E-state index contributed by atoms with van der Waals surface area (Å²) in [6.45, 7) is 3.28. The standard InChI is InChI=1S/C27H28ClN3O3.C2HF3O2/c28-23-12-20(25(32)14-22(23)19-4-3-18-2-1-9-29-24(18)13-19)15-30-10-7-27(8-11-30)17-31(21-5-6-21)26(33)16-34-27;3-2(4,5)1(6)7/h1-4,9,12-14,21,32H,5-8,10-11,15-17H2;(H,6,7). The number of phenols is 1. The van der Waals surface area contributed by atoms with Gasteiger partial charge in [-0.2, -0.15) is 13.2 Å². The number of ether oxygens (including phenoxy) is 1. The van der Waals surface area contributed by atoms with E-state index < -0.39 is 12.1 Å². The lowest BCUT2D eigenvalue weighted by Gasteiger charge is -2.47. The molecule has 6 rings (SSSR count). The number of fused-ring (bicyclic) bond motifs is 1. The molecule has 0 bridgehead atoms. The number of piperidine rings is 1. The summed E-state index contributed by atoms with van der Waals surface area (Å²) in [5.74, 6) is -2.37. The van der Waals surface area contributed by atoms with E-state index in [1.807, 2.05) is 41.3 Å². The van der Waals surface area contributed by atoms with Crippen molar-refractivity contribution in [2.75, 3.05) is 26.2 Å². The van der Waals surface area contributed by atoms with Crippen LogP contribution in [0.15, 0.2) is 48.7 Å². The first-order valence-corrected chi connectivity index (χ1v) is 13.6. The Kier molecular flexibility index (Phi) is 8.13. The van der Waals surface area contributed by atoms with E-state index >= 15 is 0 Å². The van der Waals surface area contributed by atoms with Gasteiger partial charge in [-0.05, 0) is 55.5 Å². The average molecular weight is 592 g/mol. The van der Waals surface area contributed by atoms with Crippen LogP contribution in [0.3, 0.4) is 0 Å². The third-order valence-corrected chi connectivity index (χ3v) is 8.07. The van der Waals surface area contributed by atoms with Crippen LogP contribution in [0.2, 0.25) is 5.02 Å². The number of amides is 1. The fourth-order valence-corrected chi connectivity index (χ4v) is 5.60. The van der Waals surface area contributed by atoms with Crippen LogP contribution in [0.1, 0.15) is 31.2 Å². The molecule has 12 heteroatoms. The highest BCUT2D eigenvalue weighted by Crippen LogP contribution is 2.38. The lowest BCUT2D eigenvalue weighted by molar-refractivity contribution is -0.192. The number of benzene rings is 2. The zero-order valence-corrected chi connectivity index (χ0v) is 22.8. The predicted octanol–water partition coefficient (Wildman–Crippen LogP) is 5.25. The van der Waals surface area contributed by atoms with Gasteiger partial charge >= 0.3 is 12.1 Å². The number of aromatic nitrogens is 1. The Morgan fingerprint density at radius 2 is 1.85 bits per heavy atom. The number of aliphatic carboxylic acids is 1. The monoisotopic (exact) mass is 591 g/mol. The minimum Gasteiger partial charge on any atom is -0.508 e. The first-order valence-electron chi connectivity index (χ1n) is 13.3. The minimum absolute atomic E-state index is 0.136. The molecule has 0 unspecified atom stereocenters. The third kappa shape index (κ3) is 6.74. The molecule has 2 aromatic carbocycles. The second-order valence-electron chi connectivity index (χ2n) is 10.7. The van der Waals surface area contributed by atoms with Crippen LogP contribution in [-0.4, -0.2) is 80.9 Å². The second kappa shape index (κ2) is 11.5. The summed E-state index contributed by atoms with van der Waals surface area (Å²) >= 11 is 6.68. The van der Waals surface area contributed by atoms with E-state index in [-0.39, 0.29) is 23.9 Å². The van der Waals surface area contributed by atoms with Crippen LogP contribution in [-0.2, 0) is 20.9 Å². The maximum atomic E-state index is 12.2. The van der Waals surface area contributed by atoms with Crippen LogP contribution in [0.4, 0.5) is 13.2 Å². The van der Waals surface area contributed by atoms with Gasteiger partial charge < -0.3 is 19.8 Å². The summed E-state index contributed by atoms with van der Waals surface area (Å²) in [6.07, 6.45) is 0.719. The summed E-state index contributed by atoms with van der Waals surface area (Å²) in [4.78, 5) is 29.9. The lowest BCUT2D eigenvalue weighted by atomic mass is 9.89. The second-order valence-corrected chi connectivity index (χ2v) is 11.1. The van der Waals surface area contributed by atoms with Crippen molar-refractivity contribution in [2.45, 2.75) is 50.0 Å². The number of carbonyl (C=O) groups excluding carboxylic acids is 1. The van der Waals surface area contributed by atoms with E-state index in [0.717, 1.165) is 72.9 Å². The fraction of sp³-hybridized carbons (Fsp3) is 0.414. The van der Waals surface area contributed by atoms with E-state index in [9.17, 15) is 23.1 Å². The molecule has 0 radical (unpaired) electrons. The highest BCUT2D eigenvalue weighted by atomic mass is 35.5. The third-order valence-electron chi connectivity index (χ3n) is 7.76. The molecule has 3 fully saturated rings. The zero-order valence-electron chi connectivity index (χ0n) is 22.0. The van der Waals surface area contributed by atoms with Gasteiger partial charge in [-0.25, -0.2) is 4.79 Å². The number of nitrogens with zero attached hydrogens (tertiary/aromatic N) is 3. The van der Waals surface area contributed by atoms with E-state index in [1.165, 1.54) is 0 Å². The normalized spacial score (nSPS) is 19.2. The molecular weight excluding hydrogens is 563 g/mol. The van der Waals surface area contributed by atoms with E-state index in [2.05, 4.69) is 9.88 Å². The van der Waals surface area contributed by atoms with E-state index in [4.69, 9.17) is 26.2 Å². The number of likely N-dealkylation sites (tertiary alicyclic amines) is 1. The number of alkyl halides is 3. The van der Waals surface area contributed by atoms with Gasteiger partial charge in [-0.3, -0.25) is 14.7 Å². The Labute approximate surface area is 239 Å². The van der Waals surface area contributed by atoms with Crippen molar-refractivity contribution in [3.05, 3.63) is 59.2 Å². The molecule has 1 aliphatic carbocycles. The molecule has 2 N–H and O–H groups in total. The predicted molar refractivity (Wildman–Crippen MR) is 145 cm³/mol. The number of carbonyl (C=O) groups is 2. The van der Waals surface area contributed by atoms with Crippen LogP contribution in [0.5, 0.6) is 5.75 Å². The highest BCUT2D eigenvalue weighted by molar-refractivity contribution is 6.33. The van der Waals surface area contributed by atoms with Gasteiger partial charge in [-0.1, -0.05) is 29.8 Å². The van der Waals surface area contributed by atoms with Crippen LogP contribution >= 0.6 is 11.6 Å². The van der Waals surface area contributed by atoms with Crippen LogP contribution < -0.4 is 0 Å². The smallest absolute Gasteiger partial charge is 0.490 e. The van der Waals surface area contributed by atoms with Crippen molar-refractivity contribution in [3.8, 4) is 16.9 Å². The summed E-state index contributed by atoms with van der Waals surface area (Å²) in [5, 5.41) is 19.6. The van der Waals surface area contributed by atoms with Gasteiger partial charge in [-0.15, -0.1) is 0 Å². The number of rotatable bonds is 4. The highest BCUT2D eigenvalue weighted by Gasteiger charge is 2.46. The van der Waals surface area contributed by atoms with Crippen molar-refractivity contribution in [1.82, 2.24) is 14.8 Å². The molecule has 1 amide bonds. The molecule has 8 nitrogen and oxygen atoms in total.